The van der Waals surface area contributed by atoms with E-state index in [2.05, 4.69) is 16.7 Å². The minimum absolute atomic E-state index is 0.365. The molecule has 2 heterocycles. The third-order valence-corrected chi connectivity index (χ3v) is 4.90. The molecule has 2 aliphatic heterocycles. The Morgan fingerprint density at radius 2 is 2.00 bits per heavy atom. The zero-order chi connectivity index (χ0) is 14.8. The van der Waals surface area contributed by atoms with E-state index in [4.69, 9.17) is 5.11 Å². The molecular formula is C17H24N2O2. The van der Waals surface area contributed by atoms with Crippen LogP contribution in [0.4, 0.5) is 0 Å². The van der Waals surface area contributed by atoms with Crippen molar-refractivity contribution in [1.29, 1.82) is 0 Å². The molecule has 2 aliphatic rings. The first-order chi connectivity index (χ1) is 10.1. The first-order valence-electron chi connectivity index (χ1n) is 7.94. The summed E-state index contributed by atoms with van der Waals surface area (Å²) in [5, 5.41) is 8.95. The monoisotopic (exact) mass is 288 g/mol. The van der Waals surface area contributed by atoms with Crippen molar-refractivity contribution in [3.63, 3.8) is 0 Å². The van der Waals surface area contributed by atoms with Gasteiger partial charge in [0.15, 0.2) is 0 Å². The lowest BCUT2D eigenvalue weighted by atomic mass is 9.96. The number of hydrogen-bond donors (Lipinski definition) is 1. The molecule has 114 valence electrons. The van der Waals surface area contributed by atoms with Gasteiger partial charge < -0.3 is 5.11 Å². The fourth-order valence-corrected chi connectivity index (χ4v) is 3.62. The van der Waals surface area contributed by atoms with E-state index in [1.54, 1.807) is 12.1 Å². The largest absolute Gasteiger partial charge is 0.478 e. The normalized spacial score (nSPS) is 27.3. The van der Waals surface area contributed by atoms with Crippen LogP contribution < -0.4 is 0 Å². The summed E-state index contributed by atoms with van der Waals surface area (Å²) in [6.45, 7) is 6.79. The minimum Gasteiger partial charge on any atom is -0.478 e. The lowest BCUT2D eigenvalue weighted by Crippen LogP contribution is -2.58. The van der Waals surface area contributed by atoms with Crippen molar-refractivity contribution in [2.45, 2.75) is 44.8 Å². The zero-order valence-corrected chi connectivity index (χ0v) is 12.7. The Hall–Kier alpha value is -1.39. The van der Waals surface area contributed by atoms with Crippen molar-refractivity contribution in [3.8, 4) is 0 Å². The van der Waals surface area contributed by atoms with Gasteiger partial charge in [-0.25, -0.2) is 4.79 Å². The van der Waals surface area contributed by atoms with Crippen LogP contribution in [0.5, 0.6) is 0 Å². The molecule has 0 aliphatic carbocycles. The second-order valence-corrected chi connectivity index (χ2v) is 6.43. The van der Waals surface area contributed by atoms with E-state index in [-0.39, 0.29) is 0 Å². The van der Waals surface area contributed by atoms with Crippen molar-refractivity contribution in [3.05, 3.63) is 35.4 Å². The van der Waals surface area contributed by atoms with Crippen LogP contribution in [0.1, 0.15) is 42.1 Å². The van der Waals surface area contributed by atoms with Gasteiger partial charge >= 0.3 is 5.97 Å². The number of rotatable bonds is 3. The summed E-state index contributed by atoms with van der Waals surface area (Å²) in [7, 11) is 0. The molecule has 1 N–H and O–H groups in total. The Kier molecular flexibility index (Phi) is 4.27. The van der Waals surface area contributed by atoms with Crippen LogP contribution in [0.2, 0.25) is 0 Å². The second-order valence-electron chi connectivity index (χ2n) is 6.43. The predicted octanol–water partition coefficient (Wildman–Crippen LogP) is 2.44. The van der Waals surface area contributed by atoms with E-state index < -0.39 is 5.97 Å². The second kappa shape index (κ2) is 6.16. The van der Waals surface area contributed by atoms with Crippen molar-refractivity contribution < 1.29 is 9.90 Å². The number of benzene rings is 1. The van der Waals surface area contributed by atoms with Crippen LogP contribution in [0, 0.1) is 0 Å². The number of carboxylic acids is 1. The molecule has 0 bridgehead atoms. The molecule has 2 fully saturated rings. The van der Waals surface area contributed by atoms with E-state index in [1.807, 2.05) is 12.1 Å². The molecule has 0 amide bonds. The molecular weight excluding hydrogens is 264 g/mol. The van der Waals surface area contributed by atoms with Gasteiger partial charge in [-0.2, -0.15) is 0 Å². The highest BCUT2D eigenvalue weighted by Crippen LogP contribution is 2.25. The summed E-state index contributed by atoms with van der Waals surface area (Å²) in [4.78, 5) is 16.1. The van der Waals surface area contributed by atoms with Gasteiger partial charge in [0.1, 0.15) is 0 Å². The highest BCUT2D eigenvalue weighted by molar-refractivity contribution is 5.87. The summed E-state index contributed by atoms with van der Waals surface area (Å²) in [5.74, 6) is -0.856. The van der Waals surface area contributed by atoms with E-state index in [0.29, 0.717) is 17.6 Å². The van der Waals surface area contributed by atoms with Crippen molar-refractivity contribution in [2.75, 3.05) is 19.6 Å². The van der Waals surface area contributed by atoms with Crippen LogP contribution >= 0.6 is 0 Å². The standard InChI is InChI=1S/C17H24N2O2/c1-13-10-18-9-3-2-4-16(18)12-19(13)11-14-5-7-15(8-6-14)17(20)21/h5-8,13,16H,2-4,9-12H2,1H3,(H,20,21). The minimum atomic E-state index is -0.856. The Balaban J connectivity index is 1.65. The molecule has 1 aromatic rings. The van der Waals surface area contributed by atoms with Crippen LogP contribution in [0.15, 0.2) is 24.3 Å². The lowest BCUT2D eigenvalue weighted by Gasteiger charge is -2.47. The zero-order valence-electron chi connectivity index (χ0n) is 12.7. The van der Waals surface area contributed by atoms with Gasteiger partial charge in [-0.15, -0.1) is 0 Å². The molecule has 4 heteroatoms. The van der Waals surface area contributed by atoms with E-state index >= 15 is 0 Å². The molecule has 0 radical (unpaired) electrons. The molecule has 0 saturated carbocycles. The highest BCUT2D eigenvalue weighted by Gasteiger charge is 2.32. The SMILES string of the molecule is CC1CN2CCCCC2CN1Cc1ccc(C(=O)O)cc1. The lowest BCUT2D eigenvalue weighted by molar-refractivity contribution is 0.0111. The van der Waals surface area contributed by atoms with E-state index in [9.17, 15) is 4.79 Å². The first kappa shape index (κ1) is 14.5. The van der Waals surface area contributed by atoms with E-state index in [0.717, 1.165) is 19.6 Å². The third-order valence-electron chi connectivity index (χ3n) is 4.90. The average Bonchev–Trinajstić information content (AvgIpc) is 2.48. The summed E-state index contributed by atoms with van der Waals surface area (Å²) < 4.78 is 0. The Morgan fingerprint density at radius 1 is 1.24 bits per heavy atom. The molecule has 4 nitrogen and oxygen atoms in total. The fraction of sp³-hybridized carbons (Fsp3) is 0.588. The van der Waals surface area contributed by atoms with Gasteiger partial charge in [0.2, 0.25) is 0 Å². The van der Waals surface area contributed by atoms with Gasteiger partial charge in [-0.05, 0) is 44.0 Å². The summed E-state index contributed by atoms with van der Waals surface area (Å²) in [6, 6.07) is 8.59. The topological polar surface area (TPSA) is 43.8 Å². The van der Waals surface area contributed by atoms with Gasteiger partial charge in [0.25, 0.3) is 0 Å². The van der Waals surface area contributed by atoms with Gasteiger partial charge in [0.05, 0.1) is 5.56 Å². The smallest absolute Gasteiger partial charge is 0.335 e. The molecule has 2 atom stereocenters. The molecule has 0 spiro atoms. The number of piperidine rings is 1. The van der Waals surface area contributed by atoms with Crippen LogP contribution in [0.3, 0.4) is 0 Å². The highest BCUT2D eigenvalue weighted by atomic mass is 16.4. The molecule has 1 aromatic carbocycles. The molecule has 0 aromatic heterocycles. The maximum absolute atomic E-state index is 10.9. The van der Waals surface area contributed by atoms with Crippen LogP contribution in [0.25, 0.3) is 0 Å². The maximum Gasteiger partial charge on any atom is 0.335 e. The fourth-order valence-electron chi connectivity index (χ4n) is 3.62. The predicted molar refractivity (Wildman–Crippen MR) is 82.5 cm³/mol. The van der Waals surface area contributed by atoms with Crippen molar-refractivity contribution in [1.82, 2.24) is 9.80 Å². The summed E-state index contributed by atoms with van der Waals surface area (Å²) in [6.07, 6.45) is 4.03. The average molecular weight is 288 g/mol. The van der Waals surface area contributed by atoms with Gasteiger partial charge in [0, 0.05) is 31.7 Å². The number of fused-ring (bicyclic) bond motifs is 1. The third kappa shape index (κ3) is 3.27. The Morgan fingerprint density at radius 3 is 2.71 bits per heavy atom. The Bertz CT molecular complexity index is 500. The van der Waals surface area contributed by atoms with Crippen LogP contribution in [-0.2, 0) is 6.54 Å². The maximum atomic E-state index is 10.9. The number of piperazine rings is 1. The number of carbonyl (C=O) groups is 1. The van der Waals surface area contributed by atoms with Crippen molar-refractivity contribution >= 4 is 5.97 Å². The molecule has 2 unspecified atom stereocenters. The molecule has 2 saturated heterocycles. The molecule has 21 heavy (non-hydrogen) atoms. The van der Waals surface area contributed by atoms with Crippen molar-refractivity contribution in [2.24, 2.45) is 0 Å². The number of carboxylic acid groups (broad SMARTS) is 1. The van der Waals surface area contributed by atoms with Crippen LogP contribution in [-0.4, -0.2) is 52.6 Å². The quantitative estimate of drug-likeness (QED) is 0.928. The number of nitrogens with zero attached hydrogens (tertiary/aromatic N) is 2. The summed E-state index contributed by atoms with van der Waals surface area (Å²) in [5.41, 5.74) is 1.57. The number of hydrogen-bond acceptors (Lipinski definition) is 3. The number of aromatic carboxylic acids is 1. The van der Waals surface area contributed by atoms with Gasteiger partial charge in [-0.3, -0.25) is 9.80 Å². The summed E-state index contributed by atoms with van der Waals surface area (Å²) >= 11 is 0. The molecule has 3 rings (SSSR count). The Labute approximate surface area is 126 Å². The van der Waals surface area contributed by atoms with E-state index in [1.165, 1.54) is 31.4 Å². The first-order valence-corrected chi connectivity index (χ1v) is 7.94. The van der Waals surface area contributed by atoms with Gasteiger partial charge in [-0.1, -0.05) is 18.6 Å².